The first-order chi connectivity index (χ1) is 15.0. The number of ether oxygens (including phenoxy) is 1. The van der Waals surface area contributed by atoms with Crippen molar-refractivity contribution in [1.29, 1.82) is 0 Å². The second-order valence-electron chi connectivity index (χ2n) is 7.62. The van der Waals surface area contributed by atoms with Gasteiger partial charge in [-0.05, 0) is 74.7 Å². The monoisotopic (exact) mass is 481 g/mol. The predicted molar refractivity (Wildman–Crippen MR) is 120 cm³/mol. The van der Waals surface area contributed by atoms with Gasteiger partial charge in [0.15, 0.2) is 0 Å². The van der Waals surface area contributed by atoms with E-state index >= 15 is 0 Å². The maximum atomic E-state index is 13.2. The van der Waals surface area contributed by atoms with Gasteiger partial charge in [0.25, 0.3) is 0 Å². The summed E-state index contributed by atoms with van der Waals surface area (Å²) in [4.78, 5) is 12.8. The van der Waals surface area contributed by atoms with Crippen LogP contribution >= 0.6 is 0 Å². The van der Waals surface area contributed by atoms with Gasteiger partial charge in [0.1, 0.15) is 5.75 Å². The van der Waals surface area contributed by atoms with Crippen LogP contribution in [0.25, 0.3) is 0 Å². The van der Waals surface area contributed by atoms with E-state index < -0.39 is 26.0 Å². The molecular weight excluding hydrogens is 454 g/mol. The summed E-state index contributed by atoms with van der Waals surface area (Å²) in [5, 5.41) is 7.80. The van der Waals surface area contributed by atoms with Gasteiger partial charge in [-0.25, -0.2) is 22.0 Å². The third-order valence-corrected chi connectivity index (χ3v) is 8.08. The molecule has 1 amide bonds. The highest BCUT2D eigenvalue weighted by molar-refractivity contribution is 7.89. The van der Waals surface area contributed by atoms with Crippen molar-refractivity contribution in [3.63, 3.8) is 0 Å². The molecule has 1 atom stereocenters. The molecule has 1 aliphatic rings. The van der Waals surface area contributed by atoms with Crippen molar-refractivity contribution in [2.45, 2.75) is 36.5 Å². The van der Waals surface area contributed by atoms with E-state index in [0.717, 1.165) is 5.56 Å². The molecule has 174 valence electrons. The lowest BCUT2D eigenvalue weighted by Crippen LogP contribution is -2.43. The molecule has 0 aromatic heterocycles. The Morgan fingerprint density at radius 1 is 1.12 bits per heavy atom. The number of piperidine rings is 1. The fraction of sp³-hybridized carbons (Fsp3) is 0.381. The third kappa shape index (κ3) is 5.47. The lowest BCUT2D eigenvalue weighted by Gasteiger charge is -2.31. The number of anilines is 1. The summed E-state index contributed by atoms with van der Waals surface area (Å²) in [6.07, 6.45) is 1.10. The summed E-state index contributed by atoms with van der Waals surface area (Å²) in [7, 11) is -7.58. The highest BCUT2D eigenvalue weighted by Gasteiger charge is 2.33. The van der Waals surface area contributed by atoms with Gasteiger partial charge < -0.3 is 10.1 Å². The number of amides is 1. The molecule has 0 spiro atoms. The molecular formula is C21H27N3O6S2. The summed E-state index contributed by atoms with van der Waals surface area (Å²) in [6.45, 7) is 4.53. The van der Waals surface area contributed by atoms with Crippen molar-refractivity contribution in [2.24, 2.45) is 11.1 Å². The molecule has 0 saturated carbocycles. The Morgan fingerprint density at radius 3 is 2.38 bits per heavy atom. The Hall–Kier alpha value is -2.47. The van der Waals surface area contributed by atoms with Gasteiger partial charge in [0.05, 0.1) is 22.3 Å². The van der Waals surface area contributed by atoms with Gasteiger partial charge in [0.2, 0.25) is 26.0 Å². The second kappa shape index (κ2) is 9.57. The predicted octanol–water partition coefficient (Wildman–Crippen LogP) is 2.08. The second-order valence-corrected chi connectivity index (χ2v) is 11.1. The first kappa shape index (κ1) is 24.2. The minimum Gasteiger partial charge on any atom is -0.494 e. The van der Waals surface area contributed by atoms with Crippen molar-refractivity contribution >= 4 is 31.6 Å². The zero-order valence-electron chi connectivity index (χ0n) is 17.9. The number of nitrogens with zero attached hydrogens (tertiary/aromatic N) is 1. The lowest BCUT2D eigenvalue weighted by atomic mass is 9.99. The molecule has 1 saturated heterocycles. The Bertz CT molecular complexity index is 1190. The average molecular weight is 482 g/mol. The van der Waals surface area contributed by atoms with Crippen molar-refractivity contribution in [2.75, 3.05) is 25.0 Å². The highest BCUT2D eigenvalue weighted by atomic mass is 32.2. The van der Waals surface area contributed by atoms with Crippen LogP contribution in [0.1, 0.15) is 25.3 Å². The molecule has 3 N–H and O–H groups in total. The van der Waals surface area contributed by atoms with Crippen LogP contribution in [0, 0.1) is 12.8 Å². The minimum atomic E-state index is -3.82. The summed E-state index contributed by atoms with van der Waals surface area (Å²) in [5.74, 6) is -0.216. The van der Waals surface area contributed by atoms with Crippen LogP contribution in [0.5, 0.6) is 5.75 Å². The van der Waals surface area contributed by atoms with Crippen molar-refractivity contribution < 1.29 is 26.4 Å². The number of benzene rings is 2. The van der Waals surface area contributed by atoms with Gasteiger partial charge in [0, 0.05) is 18.8 Å². The molecule has 0 aliphatic carbocycles. The van der Waals surface area contributed by atoms with Crippen LogP contribution in [0.15, 0.2) is 52.3 Å². The van der Waals surface area contributed by atoms with Crippen molar-refractivity contribution in [3.05, 3.63) is 48.0 Å². The Balaban J connectivity index is 1.71. The third-order valence-electron chi connectivity index (χ3n) is 5.29. The number of carbonyl (C=O) groups excluding carboxylic acids is 1. The average Bonchev–Trinajstić information content (AvgIpc) is 2.75. The molecule has 9 nitrogen and oxygen atoms in total. The summed E-state index contributed by atoms with van der Waals surface area (Å²) < 4.78 is 55.8. The van der Waals surface area contributed by atoms with E-state index in [2.05, 4.69) is 5.32 Å². The molecule has 1 fully saturated rings. The first-order valence-corrected chi connectivity index (χ1v) is 13.2. The van der Waals surface area contributed by atoms with E-state index in [1.165, 1.54) is 34.6 Å². The van der Waals surface area contributed by atoms with E-state index in [4.69, 9.17) is 9.88 Å². The zero-order valence-corrected chi connectivity index (χ0v) is 19.6. The number of hydrogen-bond acceptors (Lipinski definition) is 6. The molecule has 32 heavy (non-hydrogen) atoms. The van der Waals surface area contributed by atoms with E-state index in [1.807, 2.05) is 6.92 Å². The summed E-state index contributed by atoms with van der Waals surface area (Å²) in [6, 6.07) is 10.2. The standard InChI is InChI=1S/C21H27N3O6S2/c1-3-30-20-11-10-19(13-15(20)2)32(28,29)24-12-4-5-16(14-24)21(25)23-17-6-8-18(9-7-17)31(22,26)27/h6-11,13,16H,3-5,12,14H2,1-2H3,(H,23,25)(H2,22,26,27). The van der Waals surface area contributed by atoms with Crippen LogP contribution in [-0.4, -0.2) is 46.7 Å². The van der Waals surface area contributed by atoms with Gasteiger partial charge in [-0.1, -0.05) is 0 Å². The maximum absolute atomic E-state index is 13.2. The molecule has 2 aromatic carbocycles. The summed E-state index contributed by atoms with van der Waals surface area (Å²) in [5.41, 5.74) is 1.13. The Kier molecular flexibility index (Phi) is 7.23. The SMILES string of the molecule is CCOc1ccc(S(=O)(=O)N2CCCC(C(=O)Nc3ccc(S(N)(=O)=O)cc3)C2)cc1C. The smallest absolute Gasteiger partial charge is 0.243 e. The molecule has 1 unspecified atom stereocenters. The van der Waals surface area contributed by atoms with Gasteiger partial charge in [-0.3, -0.25) is 4.79 Å². The molecule has 1 aliphatic heterocycles. The van der Waals surface area contributed by atoms with Crippen molar-refractivity contribution in [3.8, 4) is 5.75 Å². The number of nitrogens with two attached hydrogens (primary N) is 1. The van der Waals surface area contributed by atoms with Crippen LogP contribution in [-0.2, 0) is 24.8 Å². The van der Waals surface area contributed by atoms with Gasteiger partial charge >= 0.3 is 0 Å². The highest BCUT2D eigenvalue weighted by Crippen LogP contribution is 2.28. The minimum absolute atomic E-state index is 0.0592. The molecule has 0 bridgehead atoms. The molecule has 2 aromatic rings. The fourth-order valence-electron chi connectivity index (χ4n) is 3.60. The Labute approximate surface area is 188 Å². The largest absolute Gasteiger partial charge is 0.494 e. The zero-order chi connectivity index (χ0) is 23.5. The number of aryl methyl sites for hydroxylation is 1. The van der Waals surface area contributed by atoms with E-state index in [-0.39, 0.29) is 22.2 Å². The van der Waals surface area contributed by atoms with E-state index in [9.17, 15) is 21.6 Å². The topological polar surface area (TPSA) is 136 Å². The fourth-order valence-corrected chi connectivity index (χ4v) is 5.72. The van der Waals surface area contributed by atoms with Crippen LogP contribution in [0.2, 0.25) is 0 Å². The van der Waals surface area contributed by atoms with E-state index in [1.54, 1.807) is 19.1 Å². The number of nitrogens with one attached hydrogen (secondary N) is 1. The van der Waals surface area contributed by atoms with Gasteiger partial charge in [-0.2, -0.15) is 4.31 Å². The van der Waals surface area contributed by atoms with Crippen LogP contribution in [0.3, 0.4) is 0 Å². The number of hydrogen-bond donors (Lipinski definition) is 2. The first-order valence-electron chi connectivity index (χ1n) is 10.2. The molecule has 1 heterocycles. The lowest BCUT2D eigenvalue weighted by molar-refractivity contribution is -0.120. The van der Waals surface area contributed by atoms with Crippen molar-refractivity contribution in [1.82, 2.24) is 4.31 Å². The normalized spacial score (nSPS) is 17.7. The van der Waals surface area contributed by atoms with Crippen LogP contribution < -0.4 is 15.2 Å². The number of carbonyl (C=O) groups is 1. The maximum Gasteiger partial charge on any atom is 0.243 e. The van der Waals surface area contributed by atoms with Crippen LogP contribution in [0.4, 0.5) is 5.69 Å². The number of rotatable bonds is 7. The van der Waals surface area contributed by atoms with E-state index in [0.29, 0.717) is 37.4 Å². The quantitative estimate of drug-likeness (QED) is 0.621. The number of primary sulfonamides is 1. The number of sulfonamides is 2. The molecule has 0 radical (unpaired) electrons. The molecule has 11 heteroatoms. The molecule has 3 rings (SSSR count). The van der Waals surface area contributed by atoms with Gasteiger partial charge in [-0.15, -0.1) is 0 Å². The summed E-state index contributed by atoms with van der Waals surface area (Å²) >= 11 is 0. The Morgan fingerprint density at radius 2 is 1.78 bits per heavy atom.